The average Bonchev–Trinajstić information content (AvgIpc) is 2.59. The van der Waals surface area contributed by atoms with E-state index in [-0.39, 0.29) is 5.91 Å². The Labute approximate surface area is 138 Å². The molecule has 0 unspecified atom stereocenters. The molecular weight excluding hydrogens is 284 g/mol. The summed E-state index contributed by atoms with van der Waals surface area (Å²) < 4.78 is 0. The Kier molecular flexibility index (Phi) is 4.65. The molecule has 0 N–H and O–H groups in total. The van der Waals surface area contributed by atoms with Gasteiger partial charge in [-0.2, -0.15) is 0 Å². The number of amides is 1. The number of aryl methyl sites for hydroxylation is 2. The fourth-order valence-corrected chi connectivity index (χ4v) is 3.14. The van der Waals surface area contributed by atoms with E-state index >= 15 is 0 Å². The van der Waals surface area contributed by atoms with Crippen molar-refractivity contribution in [2.24, 2.45) is 0 Å². The minimum atomic E-state index is 0.230. The van der Waals surface area contributed by atoms with Crippen LogP contribution in [0.15, 0.2) is 48.5 Å². The van der Waals surface area contributed by atoms with Gasteiger partial charge in [0.25, 0.3) is 0 Å². The molecular formula is C20H24N2O. The Morgan fingerprint density at radius 2 is 1.83 bits per heavy atom. The molecule has 0 saturated heterocycles. The van der Waals surface area contributed by atoms with E-state index in [0.29, 0.717) is 6.42 Å². The minimum absolute atomic E-state index is 0.230. The van der Waals surface area contributed by atoms with Crippen molar-refractivity contribution >= 4 is 17.3 Å². The molecule has 0 bridgehead atoms. The zero-order valence-corrected chi connectivity index (χ0v) is 14.0. The zero-order valence-electron chi connectivity index (χ0n) is 14.0. The first-order chi connectivity index (χ1) is 11.1. The lowest BCUT2D eigenvalue weighted by molar-refractivity contribution is -0.118. The molecule has 3 heteroatoms. The maximum Gasteiger partial charge on any atom is 0.227 e. The second kappa shape index (κ2) is 6.86. The van der Waals surface area contributed by atoms with Gasteiger partial charge in [0.05, 0.1) is 0 Å². The van der Waals surface area contributed by atoms with Gasteiger partial charge in [0, 0.05) is 38.4 Å². The molecule has 0 spiro atoms. The summed E-state index contributed by atoms with van der Waals surface area (Å²) in [7, 11) is 4.07. The fourth-order valence-electron chi connectivity index (χ4n) is 3.14. The van der Waals surface area contributed by atoms with Crippen LogP contribution in [0.4, 0.5) is 11.4 Å². The molecule has 1 heterocycles. The molecule has 1 aliphatic heterocycles. The number of fused-ring (bicyclic) bond motifs is 1. The number of carbonyl (C=O) groups is 1. The predicted octanol–water partition coefficient (Wildman–Crippen LogP) is 3.66. The summed E-state index contributed by atoms with van der Waals surface area (Å²) in [5.74, 6) is 0.230. The van der Waals surface area contributed by atoms with Gasteiger partial charge < -0.3 is 9.80 Å². The molecule has 0 radical (unpaired) electrons. The molecule has 1 aliphatic rings. The van der Waals surface area contributed by atoms with Gasteiger partial charge in [0.1, 0.15) is 0 Å². The first-order valence-electron chi connectivity index (χ1n) is 8.29. The molecule has 0 fully saturated rings. The van der Waals surface area contributed by atoms with E-state index in [4.69, 9.17) is 0 Å². The molecule has 3 rings (SSSR count). The van der Waals surface area contributed by atoms with Gasteiger partial charge in [-0.15, -0.1) is 0 Å². The number of benzene rings is 2. The van der Waals surface area contributed by atoms with Crippen LogP contribution in [0.2, 0.25) is 0 Å². The minimum Gasteiger partial charge on any atom is -0.378 e. The molecule has 0 saturated carbocycles. The Balaban J connectivity index is 1.64. The van der Waals surface area contributed by atoms with Crippen molar-refractivity contribution in [2.45, 2.75) is 25.7 Å². The third-order valence-electron chi connectivity index (χ3n) is 4.49. The van der Waals surface area contributed by atoms with Crippen LogP contribution in [0.3, 0.4) is 0 Å². The van der Waals surface area contributed by atoms with Crippen molar-refractivity contribution in [2.75, 3.05) is 30.4 Å². The number of carbonyl (C=O) groups excluding carboxylic acids is 1. The van der Waals surface area contributed by atoms with E-state index in [1.807, 2.05) is 25.1 Å². The van der Waals surface area contributed by atoms with Crippen LogP contribution in [0.1, 0.15) is 24.0 Å². The third-order valence-corrected chi connectivity index (χ3v) is 4.49. The first-order valence-corrected chi connectivity index (χ1v) is 8.29. The Morgan fingerprint density at radius 3 is 2.57 bits per heavy atom. The van der Waals surface area contributed by atoms with Crippen LogP contribution in [0.5, 0.6) is 0 Å². The lowest BCUT2D eigenvalue weighted by atomic mass is 10.0. The van der Waals surface area contributed by atoms with Crippen molar-refractivity contribution in [1.29, 1.82) is 0 Å². The fraction of sp³-hybridized carbons (Fsp3) is 0.350. The molecule has 3 nitrogen and oxygen atoms in total. The summed E-state index contributed by atoms with van der Waals surface area (Å²) in [5, 5.41) is 0. The average molecular weight is 308 g/mol. The summed E-state index contributed by atoms with van der Waals surface area (Å²) in [5.41, 5.74) is 4.80. The number of hydrogen-bond donors (Lipinski definition) is 0. The van der Waals surface area contributed by atoms with Crippen LogP contribution in [-0.4, -0.2) is 26.5 Å². The number of para-hydroxylation sites is 1. The van der Waals surface area contributed by atoms with Crippen LogP contribution < -0.4 is 9.80 Å². The highest BCUT2D eigenvalue weighted by molar-refractivity contribution is 5.94. The van der Waals surface area contributed by atoms with Crippen molar-refractivity contribution < 1.29 is 4.79 Å². The monoisotopic (exact) mass is 308 g/mol. The third kappa shape index (κ3) is 3.55. The number of nitrogens with zero attached hydrogens (tertiary/aromatic N) is 2. The standard InChI is InChI=1S/C20H24N2O/c1-21(2)18-12-9-16(10-13-18)11-14-20(23)22-15-5-7-17-6-3-4-8-19(17)22/h3-4,6,8-10,12-13H,5,7,11,14-15H2,1-2H3. The van der Waals surface area contributed by atoms with Gasteiger partial charge in [-0.25, -0.2) is 0 Å². The van der Waals surface area contributed by atoms with Gasteiger partial charge in [-0.3, -0.25) is 4.79 Å². The maximum atomic E-state index is 12.6. The maximum absolute atomic E-state index is 12.6. The quantitative estimate of drug-likeness (QED) is 0.860. The Morgan fingerprint density at radius 1 is 1.09 bits per heavy atom. The van der Waals surface area contributed by atoms with Crippen molar-refractivity contribution in [3.63, 3.8) is 0 Å². The molecule has 120 valence electrons. The van der Waals surface area contributed by atoms with Crippen LogP contribution >= 0.6 is 0 Å². The van der Waals surface area contributed by atoms with Crippen LogP contribution in [0, 0.1) is 0 Å². The van der Waals surface area contributed by atoms with E-state index in [1.54, 1.807) is 0 Å². The molecule has 0 aliphatic carbocycles. The van der Waals surface area contributed by atoms with Crippen molar-refractivity contribution in [1.82, 2.24) is 0 Å². The van der Waals surface area contributed by atoms with E-state index in [9.17, 15) is 4.79 Å². The topological polar surface area (TPSA) is 23.6 Å². The van der Waals surface area contributed by atoms with Gasteiger partial charge in [-0.05, 0) is 48.6 Å². The summed E-state index contributed by atoms with van der Waals surface area (Å²) in [4.78, 5) is 16.7. The highest BCUT2D eigenvalue weighted by Crippen LogP contribution is 2.27. The number of anilines is 2. The first kappa shape index (κ1) is 15.6. The SMILES string of the molecule is CN(C)c1ccc(CCC(=O)N2CCCc3ccccc32)cc1. The summed E-state index contributed by atoms with van der Waals surface area (Å²) >= 11 is 0. The second-order valence-corrected chi connectivity index (χ2v) is 6.34. The van der Waals surface area contributed by atoms with Crippen molar-refractivity contribution in [3.8, 4) is 0 Å². The molecule has 2 aromatic carbocycles. The Hall–Kier alpha value is -2.29. The van der Waals surface area contributed by atoms with E-state index < -0.39 is 0 Å². The van der Waals surface area contributed by atoms with E-state index in [0.717, 1.165) is 31.5 Å². The normalized spacial score (nSPS) is 13.6. The molecule has 0 atom stereocenters. The second-order valence-electron chi connectivity index (χ2n) is 6.34. The molecule has 2 aromatic rings. The summed E-state index contributed by atoms with van der Waals surface area (Å²) in [6.45, 7) is 0.843. The molecule has 0 aromatic heterocycles. The van der Waals surface area contributed by atoms with Crippen LogP contribution in [0.25, 0.3) is 0 Å². The largest absolute Gasteiger partial charge is 0.378 e. The Bertz CT molecular complexity index is 676. The van der Waals surface area contributed by atoms with Crippen LogP contribution in [-0.2, 0) is 17.6 Å². The molecule has 1 amide bonds. The van der Waals surface area contributed by atoms with E-state index in [2.05, 4.69) is 47.4 Å². The van der Waals surface area contributed by atoms with Gasteiger partial charge in [0.2, 0.25) is 5.91 Å². The number of rotatable bonds is 4. The lowest BCUT2D eigenvalue weighted by Gasteiger charge is -2.29. The van der Waals surface area contributed by atoms with E-state index in [1.165, 1.54) is 16.8 Å². The zero-order chi connectivity index (χ0) is 16.2. The number of hydrogen-bond acceptors (Lipinski definition) is 2. The predicted molar refractivity (Wildman–Crippen MR) is 96.2 cm³/mol. The van der Waals surface area contributed by atoms with Gasteiger partial charge in [-0.1, -0.05) is 30.3 Å². The lowest BCUT2D eigenvalue weighted by Crippen LogP contribution is -2.35. The summed E-state index contributed by atoms with van der Waals surface area (Å²) in [6, 6.07) is 16.7. The smallest absolute Gasteiger partial charge is 0.227 e. The highest BCUT2D eigenvalue weighted by atomic mass is 16.2. The van der Waals surface area contributed by atoms with Gasteiger partial charge >= 0.3 is 0 Å². The highest BCUT2D eigenvalue weighted by Gasteiger charge is 2.21. The molecule has 23 heavy (non-hydrogen) atoms. The van der Waals surface area contributed by atoms with Crippen molar-refractivity contribution in [3.05, 3.63) is 59.7 Å². The summed E-state index contributed by atoms with van der Waals surface area (Å²) in [6.07, 6.45) is 3.49. The van der Waals surface area contributed by atoms with Gasteiger partial charge in [0.15, 0.2) is 0 Å².